The summed E-state index contributed by atoms with van der Waals surface area (Å²) in [7, 11) is 1.42. The van der Waals surface area contributed by atoms with Crippen LogP contribution < -0.4 is 0 Å². The van der Waals surface area contributed by atoms with Crippen molar-refractivity contribution in [2.24, 2.45) is 0 Å². The number of halogens is 1. The minimum absolute atomic E-state index is 0.128. The van der Waals surface area contributed by atoms with Crippen molar-refractivity contribution in [1.82, 2.24) is 14.7 Å². The summed E-state index contributed by atoms with van der Waals surface area (Å²) in [5, 5.41) is 13.4. The number of aliphatic carboxylic acids is 1. The summed E-state index contributed by atoms with van der Waals surface area (Å²) in [6, 6.07) is 7.28. The van der Waals surface area contributed by atoms with Gasteiger partial charge in [0.05, 0.1) is 5.69 Å². The highest BCUT2D eigenvalue weighted by atomic mass is 19.1. The zero-order chi connectivity index (χ0) is 17.4. The second-order valence-corrected chi connectivity index (χ2v) is 5.79. The number of aromatic nitrogens is 2. The van der Waals surface area contributed by atoms with E-state index in [0.29, 0.717) is 11.4 Å². The fourth-order valence-electron chi connectivity index (χ4n) is 1.99. The van der Waals surface area contributed by atoms with Crippen LogP contribution in [0, 0.1) is 12.7 Å². The molecule has 6 nitrogen and oxygen atoms in total. The Hall–Kier alpha value is -2.70. The van der Waals surface area contributed by atoms with Gasteiger partial charge < -0.3 is 10.0 Å². The third-order valence-corrected chi connectivity index (χ3v) is 3.84. The minimum Gasteiger partial charge on any atom is -0.480 e. The lowest BCUT2D eigenvalue weighted by molar-refractivity contribution is -0.147. The van der Waals surface area contributed by atoms with E-state index in [2.05, 4.69) is 5.10 Å². The van der Waals surface area contributed by atoms with E-state index in [0.717, 1.165) is 4.90 Å². The van der Waals surface area contributed by atoms with Gasteiger partial charge in [0, 0.05) is 12.7 Å². The smallest absolute Gasteiger partial charge is 0.329 e. The van der Waals surface area contributed by atoms with Crippen LogP contribution in [0.15, 0.2) is 30.3 Å². The summed E-state index contributed by atoms with van der Waals surface area (Å²) < 4.78 is 14.5. The Labute approximate surface area is 133 Å². The van der Waals surface area contributed by atoms with Gasteiger partial charge in [0.2, 0.25) is 0 Å². The van der Waals surface area contributed by atoms with Gasteiger partial charge in [0.15, 0.2) is 5.69 Å². The van der Waals surface area contributed by atoms with Gasteiger partial charge in [-0.3, -0.25) is 4.79 Å². The number of carboxylic acids is 1. The van der Waals surface area contributed by atoms with Crippen molar-refractivity contribution in [2.45, 2.75) is 26.3 Å². The fourth-order valence-corrected chi connectivity index (χ4v) is 1.99. The second-order valence-electron chi connectivity index (χ2n) is 5.79. The van der Waals surface area contributed by atoms with Gasteiger partial charge in [0.1, 0.15) is 11.4 Å². The maximum atomic E-state index is 13.0. The highest BCUT2D eigenvalue weighted by Crippen LogP contribution is 2.18. The van der Waals surface area contributed by atoms with E-state index >= 15 is 0 Å². The molecule has 0 saturated heterocycles. The summed E-state index contributed by atoms with van der Waals surface area (Å²) in [6.45, 7) is 4.64. The van der Waals surface area contributed by atoms with Crippen LogP contribution in [0.1, 0.15) is 30.0 Å². The van der Waals surface area contributed by atoms with Crippen molar-refractivity contribution in [1.29, 1.82) is 0 Å². The first kappa shape index (κ1) is 16.7. The molecule has 0 aliphatic heterocycles. The molecule has 0 radical (unpaired) electrons. The van der Waals surface area contributed by atoms with Crippen molar-refractivity contribution in [3.8, 4) is 5.69 Å². The van der Waals surface area contributed by atoms with Crippen molar-refractivity contribution >= 4 is 11.9 Å². The van der Waals surface area contributed by atoms with Crippen LogP contribution in [0.5, 0.6) is 0 Å². The maximum absolute atomic E-state index is 13.0. The lowest BCUT2D eigenvalue weighted by Crippen LogP contribution is -2.50. The number of aryl methyl sites for hydroxylation is 1. The Morgan fingerprint density at radius 1 is 1.26 bits per heavy atom. The van der Waals surface area contributed by atoms with Crippen molar-refractivity contribution in [3.63, 3.8) is 0 Å². The molecule has 2 aromatic rings. The number of carboxylic acid groups (broad SMARTS) is 1. The van der Waals surface area contributed by atoms with Crippen molar-refractivity contribution in [3.05, 3.63) is 47.5 Å². The van der Waals surface area contributed by atoms with Gasteiger partial charge in [-0.25, -0.2) is 13.9 Å². The van der Waals surface area contributed by atoms with E-state index < -0.39 is 17.4 Å². The molecule has 1 N–H and O–H groups in total. The first-order valence-electron chi connectivity index (χ1n) is 6.98. The van der Waals surface area contributed by atoms with Crippen LogP contribution >= 0.6 is 0 Å². The van der Waals surface area contributed by atoms with E-state index in [4.69, 9.17) is 0 Å². The van der Waals surface area contributed by atoms with Crippen LogP contribution in [0.2, 0.25) is 0 Å². The van der Waals surface area contributed by atoms with E-state index in [1.165, 1.54) is 37.7 Å². The summed E-state index contributed by atoms with van der Waals surface area (Å²) in [5.74, 6) is -1.97. The standard InChI is InChI=1S/C16H18FN3O3/c1-10-9-13(14(21)19(4)16(2,3)15(22)23)18-20(10)12-7-5-11(17)6-8-12/h5-9H,1-4H3,(H,22,23). The summed E-state index contributed by atoms with van der Waals surface area (Å²) in [6.07, 6.45) is 0. The molecule has 0 bridgehead atoms. The van der Waals surface area contributed by atoms with Gasteiger partial charge in [0.25, 0.3) is 5.91 Å². The zero-order valence-corrected chi connectivity index (χ0v) is 13.4. The summed E-state index contributed by atoms with van der Waals surface area (Å²) >= 11 is 0. The lowest BCUT2D eigenvalue weighted by Gasteiger charge is -2.30. The van der Waals surface area contributed by atoms with Crippen molar-refractivity contribution in [2.75, 3.05) is 7.05 Å². The van der Waals surface area contributed by atoms with Gasteiger partial charge >= 0.3 is 5.97 Å². The molecular weight excluding hydrogens is 301 g/mol. The number of rotatable bonds is 4. The molecule has 0 unspecified atom stereocenters. The lowest BCUT2D eigenvalue weighted by atomic mass is 10.0. The molecule has 1 aromatic carbocycles. The molecule has 1 heterocycles. The number of likely N-dealkylation sites (N-methyl/N-ethyl adjacent to an activating group) is 1. The van der Waals surface area contributed by atoms with Crippen LogP contribution in [0.4, 0.5) is 4.39 Å². The molecule has 0 aliphatic carbocycles. The highest BCUT2D eigenvalue weighted by Gasteiger charge is 2.36. The first-order valence-corrected chi connectivity index (χ1v) is 6.98. The number of amides is 1. The zero-order valence-electron chi connectivity index (χ0n) is 13.4. The molecule has 1 aromatic heterocycles. The largest absolute Gasteiger partial charge is 0.480 e. The monoisotopic (exact) mass is 319 g/mol. The molecule has 7 heteroatoms. The normalized spacial score (nSPS) is 11.3. The molecule has 0 saturated carbocycles. The quantitative estimate of drug-likeness (QED) is 0.938. The molecular formula is C16H18FN3O3. The number of carbonyl (C=O) groups is 2. The number of carbonyl (C=O) groups excluding carboxylic acids is 1. The average Bonchev–Trinajstić information content (AvgIpc) is 2.88. The van der Waals surface area contributed by atoms with Gasteiger partial charge in [-0.1, -0.05) is 0 Å². The first-order chi connectivity index (χ1) is 10.6. The van der Waals surface area contributed by atoms with E-state index in [1.807, 2.05) is 0 Å². The molecule has 0 atom stereocenters. The number of hydrogen-bond donors (Lipinski definition) is 1. The van der Waals surface area contributed by atoms with Gasteiger partial charge in [-0.2, -0.15) is 5.10 Å². The Bertz CT molecular complexity index is 750. The molecule has 0 spiro atoms. The van der Waals surface area contributed by atoms with E-state index in [1.54, 1.807) is 25.1 Å². The molecule has 122 valence electrons. The summed E-state index contributed by atoms with van der Waals surface area (Å²) in [4.78, 5) is 24.9. The SMILES string of the molecule is Cc1cc(C(=O)N(C)C(C)(C)C(=O)O)nn1-c1ccc(F)cc1. The Balaban J connectivity index is 2.35. The molecule has 1 amide bonds. The Morgan fingerprint density at radius 2 is 1.83 bits per heavy atom. The van der Waals surface area contributed by atoms with Gasteiger partial charge in [-0.05, 0) is 51.1 Å². The molecule has 0 fully saturated rings. The highest BCUT2D eigenvalue weighted by molar-refractivity contribution is 5.96. The predicted molar refractivity (Wildman–Crippen MR) is 82.1 cm³/mol. The Kier molecular flexibility index (Phi) is 4.22. The van der Waals surface area contributed by atoms with Crippen LogP contribution in [0.3, 0.4) is 0 Å². The topological polar surface area (TPSA) is 75.4 Å². The maximum Gasteiger partial charge on any atom is 0.329 e. The third kappa shape index (κ3) is 3.08. The second kappa shape index (κ2) is 5.83. The van der Waals surface area contributed by atoms with Crippen LogP contribution in [-0.2, 0) is 4.79 Å². The fraction of sp³-hybridized carbons (Fsp3) is 0.312. The predicted octanol–water partition coefficient (Wildman–Crippen LogP) is 2.26. The number of hydrogen-bond acceptors (Lipinski definition) is 3. The Morgan fingerprint density at radius 3 is 2.35 bits per heavy atom. The number of benzene rings is 1. The number of nitrogens with zero attached hydrogens (tertiary/aromatic N) is 3. The average molecular weight is 319 g/mol. The van der Waals surface area contributed by atoms with Crippen LogP contribution in [-0.4, -0.2) is 44.3 Å². The molecule has 0 aliphatic rings. The third-order valence-electron chi connectivity index (χ3n) is 3.84. The van der Waals surface area contributed by atoms with Gasteiger partial charge in [-0.15, -0.1) is 0 Å². The van der Waals surface area contributed by atoms with Crippen molar-refractivity contribution < 1.29 is 19.1 Å². The van der Waals surface area contributed by atoms with E-state index in [9.17, 15) is 19.1 Å². The summed E-state index contributed by atoms with van der Waals surface area (Å²) in [5.41, 5.74) is 0.0678. The van der Waals surface area contributed by atoms with Crippen LogP contribution in [0.25, 0.3) is 5.69 Å². The van der Waals surface area contributed by atoms with E-state index in [-0.39, 0.29) is 11.5 Å². The molecule has 23 heavy (non-hydrogen) atoms. The molecule has 2 rings (SSSR count). The minimum atomic E-state index is -1.36.